The topological polar surface area (TPSA) is 15.3 Å². The molecule has 0 aromatic heterocycles. The van der Waals surface area contributed by atoms with Gasteiger partial charge in [0, 0.05) is 25.7 Å². The number of benzene rings is 1. The van der Waals surface area contributed by atoms with Crippen LogP contribution in [0.25, 0.3) is 0 Å². The molecule has 86 valence electrons. The van der Waals surface area contributed by atoms with Crippen molar-refractivity contribution < 1.29 is 0 Å². The number of fused-ring (bicyclic) bond motifs is 1. The average Bonchev–Trinajstić information content (AvgIpc) is 2.82. The summed E-state index contributed by atoms with van der Waals surface area (Å²) in [6.45, 7) is 4.83. The van der Waals surface area contributed by atoms with Crippen LogP contribution in [0.3, 0.4) is 0 Å². The third kappa shape index (κ3) is 2.13. The molecule has 0 saturated carbocycles. The lowest BCUT2D eigenvalue weighted by Gasteiger charge is -2.30. The number of nitrogens with one attached hydrogen (secondary N) is 1. The van der Waals surface area contributed by atoms with E-state index in [0.29, 0.717) is 0 Å². The van der Waals surface area contributed by atoms with E-state index in [2.05, 4.69) is 34.5 Å². The van der Waals surface area contributed by atoms with E-state index in [0.717, 1.165) is 12.6 Å². The number of hydrogen-bond donors (Lipinski definition) is 1. The first-order valence-electron chi connectivity index (χ1n) is 6.44. The van der Waals surface area contributed by atoms with Gasteiger partial charge in [-0.3, -0.25) is 4.90 Å². The average molecular weight is 216 g/mol. The molecule has 0 amide bonds. The summed E-state index contributed by atoms with van der Waals surface area (Å²) in [5, 5.41) is 3.59. The molecule has 1 fully saturated rings. The maximum Gasteiger partial charge on any atom is 0.0237 e. The van der Waals surface area contributed by atoms with Crippen LogP contribution in [0, 0.1) is 0 Å². The zero-order valence-electron chi connectivity index (χ0n) is 9.78. The highest BCUT2D eigenvalue weighted by Gasteiger charge is 2.21. The van der Waals surface area contributed by atoms with E-state index >= 15 is 0 Å². The Bertz CT molecular complexity index is 356. The van der Waals surface area contributed by atoms with Gasteiger partial charge in [0.15, 0.2) is 0 Å². The second kappa shape index (κ2) is 4.56. The first-order valence-corrected chi connectivity index (χ1v) is 6.44. The van der Waals surface area contributed by atoms with Crippen LogP contribution in [0.15, 0.2) is 24.3 Å². The molecule has 0 radical (unpaired) electrons. The molecule has 1 atom stereocenters. The molecule has 2 heteroatoms. The van der Waals surface area contributed by atoms with E-state index in [4.69, 9.17) is 0 Å². The molecule has 1 N–H and O–H groups in total. The largest absolute Gasteiger partial charge is 0.313 e. The van der Waals surface area contributed by atoms with Gasteiger partial charge in [0.1, 0.15) is 0 Å². The van der Waals surface area contributed by atoms with Crippen LogP contribution in [0.1, 0.15) is 24.0 Å². The fourth-order valence-corrected chi connectivity index (χ4v) is 2.93. The van der Waals surface area contributed by atoms with Crippen LogP contribution in [0.2, 0.25) is 0 Å². The van der Waals surface area contributed by atoms with Crippen molar-refractivity contribution in [3.8, 4) is 0 Å². The van der Waals surface area contributed by atoms with Gasteiger partial charge in [-0.2, -0.15) is 0 Å². The summed E-state index contributed by atoms with van der Waals surface area (Å²) in [6, 6.07) is 9.62. The maximum absolute atomic E-state index is 3.59. The Hall–Kier alpha value is -0.860. The smallest absolute Gasteiger partial charge is 0.0237 e. The predicted molar refractivity (Wildman–Crippen MR) is 66.4 cm³/mol. The van der Waals surface area contributed by atoms with Crippen LogP contribution < -0.4 is 5.32 Å². The highest BCUT2D eigenvalue weighted by atomic mass is 15.2. The summed E-state index contributed by atoms with van der Waals surface area (Å²) in [6.07, 6.45) is 3.94. The van der Waals surface area contributed by atoms with Gasteiger partial charge < -0.3 is 5.32 Å². The molecule has 2 aliphatic rings. The molecule has 16 heavy (non-hydrogen) atoms. The van der Waals surface area contributed by atoms with Gasteiger partial charge in [0.2, 0.25) is 0 Å². The Morgan fingerprint density at radius 2 is 2.12 bits per heavy atom. The molecule has 3 rings (SSSR count). The standard InChI is InChI=1S/C14H20N2/c1-2-5-13-10-16(9-7-12(13)4-1)11-14-6-3-8-15-14/h1-2,4-5,14-15H,3,6-11H2/t14-/m0/s1. The fourth-order valence-electron chi connectivity index (χ4n) is 2.93. The molecule has 2 nitrogen and oxygen atoms in total. The molecule has 0 bridgehead atoms. The summed E-state index contributed by atoms with van der Waals surface area (Å²) >= 11 is 0. The second-order valence-corrected chi connectivity index (χ2v) is 5.05. The third-order valence-corrected chi connectivity index (χ3v) is 3.85. The summed E-state index contributed by atoms with van der Waals surface area (Å²) in [7, 11) is 0. The first kappa shape index (κ1) is 10.3. The van der Waals surface area contributed by atoms with Gasteiger partial charge in [-0.15, -0.1) is 0 Å². The monoisotopic (exact) mass is 216 g/mol. The minimum atomic E-state index is 0.741. The third-order valence-electron chi connectivity index (χ3n) is 3.85. The molecule has 2 aliphatic heterocycles. The Balaban J connectivity index is 1.63. The van der Waals surface area contributed by atoms with Gasteiger partial charge >= 0.3 is 0 Å². The van der Waals surface area contributed by atoms with Gasteiger partial charge in [0.25, 0.3) is 0 Å². The lowest BCUT2D eigenvalue weighted by Crippen LogP contribution is -2.40. The van der Waals surface area contributed by atoms with Gasteiger partial charge in [-0.1, -0.05) is 24.3 Å². The van der Waals surface area contributed by atoms with E-state index in [-0.39, 0.29) is 0 Å². The quantitative estimate of drug-likeness (QED) is 0.811. The molecule has 1 aromatic carbocycles. The Morgan fingerprint density at radius 1 is 1.25 bits per heavy atom. The second-order valence-electron chi connectivity index (χ2n) is 5.05. The zero-order chi connectivity index (χ0) is 10.8. The van der Waals surface area contributed by atoms with Crippen molar-refractivity contribution in [2.24, 2.45) is 0 Å². The van der Waals surface area contributed by atoms with Crippen LogP contribution in [-0.2, 0) is 13.0 Å². The van der Waals surface area contributed by atoms with Crippen LogP contribution in [-0.4, -0.2) is 30.6 Å². The summed E-state index contributed by atoms with van der Waals surface area (Å²) in [5.41, 5.74) is 3.09. The summed E-state index contributed by atoms with van der Waals surface area (Å²) < 4.78 is 0. The van der Waals surface area contributed by atoms with Crippen molar-refractivity contribution in [1.82, 2.24) is 10.2 Å². The number of rotatable bonds is 2. The molecule has 1 saturated heterocycles. The minimum absolute atomic E-state index is 0.741. The van der Waals surface area contributed by atoms with E-state index in [9.17, 15) is 0 Å². The van der Waals surface area contributed by atoms with Gasteiger partial charge in [-0.05, 0) is 36.9 Å². The maximum atomic E-state index is 3.59. The SMILES string of the molecule is c1ccc2c(c1)CCN(C[C@@H]1CCCN1)C2. The van der Waals surface area contributed by atoms with Crippen molar-refractivity contribution in [3.63, 3.8) is 0 Å². The normalized spacial score (nSPS) is 25.6. The molecule has 2 heterocycles. The van der Waals surface area contributed by atoms with Crippen LogP contribution in [0.5, 0.6) is 0 Å². The molecular weight excluding hydrogens is 196 g/mol. The van der Waals surface area contributed by atoms with E-state index in [1.54, 1.807) is 5.56 Å². The van der Waals surface area contributed by atoms with Crippen molar-refractivity contribution >= 4 is 0 Å². The van der Waals surface area contributed by atoms with Crippen LogP contribution in [0.4, 0.5) is 0 Å². The molecule has 0 spiro atoms. The van der Waals surface area contributed by atoms with E-state index in [1.165, 1.54) is 44.5 Å². The number of hydrogen-bond acceptors (Lipinski definition) is 2. The van der Waals surface area contributed by atoms with Crippen molar-refractivity contribution in [2.75, 3.05) is 19.6 Å². The van der Waals surface area contributed by atoms with E-state index in [1.807, 2.05) is 0 Å². The molecular formula is C14H20N2. The Morgan fingerprint density at radius 3 is 2.94 bits per heavy atom. The predicted octanol–water partition coefficient (Wildman–Crippen LogP) is 1.80. The number of nitrogens with zero attached hydrogens (tertiary/aromatic N) is 1. The Labute approximate surface area is 97.6 Å². The van der Waals surface area contributed by atoms with Crippen molar-refractivity contribution in [3.05, 3.63) is 35.4 Å². The van der Waals surface area contributed by atoms with E-state index < -0.39 is 0 Å². The highest BCUT2D eigenvalue weighted by molar-refractivity contribution is 5.29. The molecule has 0 aliphatic carbocycles. The van der Waals surface area contributed by atoms with Gasteiger partial charge in [0.05, 0.1) is 0 Å². The highest BCUT2D eigenvalue weighted by Crippen LogP contribution is 2.19. The molecule has 1 aromatic rings. The van der Waals surface area contributed by atoms with Crippen molar-refractivity contribution in [2.45, 2.75) is 31.8 Å². The Kier molecular flexibility index (Phi) is 2.94. The minimum Gasteiger partial charge on any atom is -0.313 e. The van der Waals surface area contributed by atoms with Crippen LogP contribution >= 0.6 is 0 Å². The summed E-state index contributed by atoms with van der Waals surface area (Å²) in [4.78, 5) is 2.60. The molecule has 0 unspecified atom stereocenters. The first-order chi connectivity index (χ1) is 7.92. The lowest BCUT2D eigenvalue weighted by molar-refractivity contribution is 0.231. The lowest BCUT2D eigenvalue weighted by atomic mass is 9.99. The zero-order valence-corrected chi connectivity index (χ0v) is 9.78. The van der Waals surface area contributed by atoms with Crippen molar-refractivity contribution in [1.29, 1.82) is 0 Å². The fraction of sp³-hybridized carbons (Fsp3) is 0.571. The van der Waals surface area contributed by atoms with Gasteiger partial charge in [-0.25, -0.2) is 0 Å². The summed E-state index contributed by atoms with van der Waals surface area (Å²) in [5.74, 6) is 0.